The summed E-state index contributed by atoms with van der Waals surface area (Å²) in [5.41, 5.74) is 4.13. The Hall–Kier alpha value is -2.24. The second kappa shape index (κ2) is 10.4. The molecule has 3 aliphatic heterocycles. The quantitative estimate of drug-likeness (QED) is 0.514. The van der Waals surface area contributed by atoms with Crippen molar-refractivity contribution in [1.29, 1.82) is 0 Å². The summed E-state index contributed by atoms with van der Waals surface area (Å²) in [6.45, 7) is 6.67. The molecule has 3 aliphatic rings. The number of benzene rings is 2. The zero-order chi connectivity index (χ0) is 22.6. The number of methoxy groups -OCH3 is 2. The molecule has 0 bridgehead atoms. The lowest BCUT2D eigenvalue weighted by Gasteiger charge is -2.38. The van der Waals surface area contributed by atoms with E-state index in [1.165, 1.54) is 68.4 Å². The van der Waals surface area contributed by atoms with Crippen LogP contribution in [0.2, 0.25) is 0 Å². The van der Waals surface area contributed by atoms with Gasteiger partial charge in [-0.1, -0.05) is 12.5 Å². The number of likely N-dealkylation sites (tertiary alicyclic amines) is 1. The molecule has 5 rings (SSSR count). The van der Waals surface area contributed by atoms with Crippen molar-refractivity contribution < 1.29 is 14.2 Å². The highest BCUT2D eigenvalue weighted by atomic mass is 16.5. The van der Waals surface area contributed by atoms with Gasteiger partial charge in [0, 0.05) is 31.1 Å². The first-order chi connectivity index (χ1) is 16.2. The minimum Gasteiger partial charge on any atom is -0.497 e. The molecule has 0 unspecified atom stereocenters. The van der Waals surface area contributed by atoms with Crippen LogP contribution in [0.5, 0.6) is 17.2 Å². The first-order valence-electron chi connectivity index (χ1n) is 12.7. The monoisotopic (exact) mass is 450 g/mol. The van der Waals surface area contributed by atoms with E-state index < -0.39 is 0 Å². The van der Waals surface area contributed by atoms with Crippen molar-refractivity contribution in [3.05, 3.63) is 53.1 Å². The molecule has 0 aliphatic carbocycles. The van der Waals surface area contributed by atoms with Crippen molar-refractivity contribution in [3.63, 3.8) is 0 Å². The average molecular weight is 451 g/mol. The molecule has 2 aromatic carbocycles. The Morgan fingerprint density at radius 1 is 0.818 bits per heavy atom. The van der Waals surface area contributed by atoms with Crippen molar-refractivity contribution in [2.24, 2.45) is 0 Å². The maximum atomic E-state index is 6.24. The van der Waals surface area contributed by atoms with Gasteiger partial charge in [-0.15, -0.1) is 0 Å². The molecule has 5 heteroatoms. The molecule has 0 saturated carbocycles. The van der Waals surface area contributed by atoms with Gasteiger partial charge in [-0.25, -0.2) is 0 Å². The predicted octanol–water partition coefficient (Wildman–Crippen LogP) is 5.24. The lowest BCUT2D eigenvalue weighted by Crippen LogP contribution is -2.34. The van der Waals surface area contributed by atoms with E-state index in [-0.39, 0.29) is 0 Å². The fourth-order valence-corrected chi connectivity index (χ4v) is 5.96. The smallest absolute Gasteiger partial charge is 0.122 e. The topological polar surface area (TPSA) is 34.2 Å². The Labute approximate surface area is 198 Å². The number of hydrogen-bond donors (Lipinski definition) is 0. The average Bonchev–Trinajstić information content (AvgIpc) is 3.35. The van der Waals surface area contributed by atoms with Gasteiger partial charge in [0.15, 0.2) is 0 Å². The lowest BCUT2D eigenvalue weighted by atomic mass is 9.81. The third-order valence-electron chi connectivity index (χ3n) is 7.69. The van der Waals surface area contributed by atoms with Crippen molar-refractivity contribution in [1.82, 2.24) is 9.80 Å². The number of piperidine rings is 1. The van der Waals surface area contributed by atoms with Crippen LogP contribution < -0.4 is 14.2 Å². The maximum Gasteiger partial charge on any atom is 0.122 e. The van der Waals surface area contributed by atoms with E-state index in [0.717, 1.165) is 43.4 Å². The van der Waals surface area contributed by atoms with E-state index in [2.05, 4.69) is 40.1 Å². The van der Waals surface area contributed by atoms with E-state index in [1.807, 2.05) is 6.07 Å². The Bertz CT molecular complexity index is 918. The van der Waals surface area contributed by atoms with Crippen LogP contribution in [0.1, 0.15) is 67.2 Å². The van der Waals surface area contributed by atoms with Crippen molar-refractivity contribution in [3.8, 4) is 17.2 Å². The first kappa shape index (κ1) is 22.5. The largest absolute Gasteiger partial charge is 0.497 e. The van der Waals surface area contributed by atoms with Gasteiger partial charge in [0.1, 0.15) is 17.2 Å². The Kier molecular flexibility index (Phi) is 7.07. The molecule has 2 saturated heterocycles. The minimum absolute atomic E-state index is 0.312. The van der Waals surface area contributed by atoms with E-state index >= 15 is 0 Å². The van der Waals surface area contributed by atoms with Crippen LogP contribution in [0, 0.1) is 0 Å². The number of fused-ring (bicyclic) bond motifs is 3. The Morgan fingerprint density at radius 2 is 1.61 bits per heavy atom. The van der Waals surface area contributed by atoms with Crippen molar-refractivity contribution >= 4 is 0 Å². The Morgan fingerprint density at radius 3 is 2.36 bits per heavy atom. The number of nitrogens with zero attached hydrogens (tertiary/aromatic N) is 2. The second-order valence-electron chi connectivity index (χ2n) is 9.75. The molecule has 33 heavy (non-hydrogen) atoms. The summed E-state index contributed by atoms with van der Waals surface area (Å²) in [7, 11) is 3.44. The van der Waals surface area contributed by atoms with Crippen LogP contribution in [0.15, 0.2) is 36.4 Å². The zero-order valence-corrected chi connectivity index (χ0v) is 20.2. The van der Waals surface area contributed by atoms with Crippen LogP contribution >= 0.6 is 0 Å². The highest BCUT2D eigenvalue weighted by molar-refractivity contribution is 5.49. The van der Waals surface area contributed by atoms with E-state index in [9.17, 15) is 0 Å². The van der Waals surface area contributed by atoms with Crippen LogP contribution in [-0.2, 0) is 0 Å². The van der Waals surface area contributed by atoms with Gasteiger partial charge in [-0.05, 0) is 92.7 Å². The van der Waals surface area contributed by atoms with Gasteiger partial charge in [0.2, 0.25) is 0 Å². The number of hydrogen-bond acceptors (Lipinski definition) is 5. The van der Waals surface area contributed by atoms with Gasteiger partial charge in [0.25, 0.3) is 0 Å². The van der Waals surface area contributed by atoms with Gasteiger partial charge in [-0.3, -0.25) is 4.90 Å². The molecule has 2 atom stereocenters. The standard InChI is InChI=1S/C28H38N2O3/c1-31-23-16-21(17-24(18-23)32-2)27-20-30-14-6-8-28(30)26-19-22(9-10-25(26)27)33-15-7-13-29-11-4-3-5-12-29/h9-10,16-19,27-28H,3-8,11-15,20H2,1-2H3/t27-,28+/m0/s1. The van der Waals surface area contributed by atoms with Crippen LogP contribution in [0.4, 0.5) is 0 Å². The van der Waals surface area contributed by atoms with Gasteiger partial charge in [-0.2, -0.15) is 0 Å². The molecule has 3 heterocycles. The van der Waals surface area contributed by atoms with E-state index in [4.69, 9.17) is 14.2 Å². The first-order valence-corrected chi connectivity index (χ1v) is 12.7. The predicted molar refractivity (Wildman–Crippen MR) is 132 cm³/mol. The molecule has 178 valence electrons. The molecule has 2 fully saturated rings. The molecule has 0 spiro atoms. The summed E-state index contributed by atoms with van der Waals surface area (Å²) in [6.07, 6.45) is 7.69. The van der Waals surface area contributed by atoms with Crippen LogP contribution in [0.25, 0.3) is 0 Å². The highest BCUT2D eigenvalue weighted by Crippen LogP contribution is 2.46. The maximum absolute atomic E-state index is 6.24. The summed E-state index contributed by atoms with van der Waals surface area (Å²) in [4.78, 5) is 5.24. The van der Waals surface area contributed by atoms with Crippen LogP contribution in [0.3, 0.4) is 0 Å². The minimum atomic E-state index is 0.312. The van der Waals surface area contributed by atoms with Crippen LogP contribution in [-0.4, -0.2) is 63.4 Å². The van der Waals surface area contributed by atoms with Crippen molar-refractivity contribution in [2.45, 2.75) is 50.5 Å². The molecule has 0 radical (unpaired) electrons. The van der Waals surface area contributed by atoms with Gasteiger partial charge in [0.05, 0.1) is 20.8 Å². The summed E-state index contributed by atoms with van der Waals surface area (Å²) < 4.78 is 17.4. The normalized spacial score (nSPS) is 23.1. The van der Waals surface area contributed by atoms with Crippen molar-refractivity contribution in [2.75, 3.05) is 53.6 Å². The number of rotatable bonds is 8. The molecule has 0 aromatic heterocycles. The lowest BCUT2D eigenvalue weighted by molar-refractivity contribution is 0.204. The molecule has 0 N–H and O–H groups in total. The number of ether oxygens (including phenoxy) is 3. The zero-order valence-electron chi connectivity index (χ0n) is 20.2. The second-order valence-corrected chi connectivity index (χ2v) is 9.75. The molecule has 0 amide bonds. The van der Waals surface area contributed by atoms with Gasteiger partial charge < -0.3 is 19.1 Å². The Balaban J connectivity index is 1.34. The van der Waals surface area contributed by atoms with E-state index in [1.54, 1.807) is 14.2 Å². The molecular formula is C28H38N2O3. The third-order valence-corrected chi connectivity index (χ3v) is 7.69. The van der Waals surface area contributed by atoms with Gasteiger partial charge >= 0.3 is 0 Å². The SMILES string of the molecule is COc1cc(OC)cc([C@@H]2CN3CCC[C@@H]3c3cc(OCCCN4CCCCC4)ccc32)c1. The highest BCUT2D eigenvalue weighted by Gasteiger charge is 2.37. The third kappa shape index (κ3) is 4.99. The fraction of sp³-hybridized carbons (Fsp3) is 0.571. The van der Waals surface area contributed by atoms with E-state index in [0.29, 0.717) is 12.0 Å². The summed E-state index contributed by atoms with van der Waals surface area (Å²) in [5.74, 6) is 3.03. The summed E-state index contributed by atoms with van der Waals surface area (Å²) in [5, 5.41) is 0. The fourth-order valence-electron chi connectivity index (χ4n) is 5.96. The molecule has 2 aromatic rings. The summed E-state index contributed by atoms with van der Waals surface area (Å²) >= 11 is 0. The molecule has 5 nitrogen and oxygen atoms in total. The summed E-state index contributed by atoms with van der Waals surface area (Å²) in [6, 6.07) is 13.6. The molecular weight excluding hydrogens is 412 g/mol.